The summed E-state index contributed by atoms with van der Waals surface area (Å²) >= 11 is 0. The highest BCUT2D eigenvalue weighted by Crippen LogP contribution is 2.33. The molecule has 0 aromatic heterocycles. The molecule has 2 rings (SSSR count). The smallest absolute Gasteiger partial charge is 0.282 e. The highest BCUT2D eigenvalue weighted by atomic mass is 32.2. The third kappa shape index (κ3) is 3.29. The van der Waals surface area contributed by atoms with Gasteiger partial charge in [0.15, 0.2) is 0 Å². The Morgan fingerprint density at radius 1 is 1.26 bits per heavy atom. The highest BCUT2D eigenvalue weighted by molar-refractivity contribution is 7.86. The van der Waals surface area contributed by atoms with Crippen molar-refractivity contribution in [2.75, 3.05) is 33.2 Å². The fourth-order valence-corrected chi connectivity index (χ4v) is 5.17. The van der Waals surface area contributed by atoms with Crippen LogP contribution in [0.5, 0.6) is 0 Å². The second-order valence-corrected chi connectivity index (χ2v) is 8.45. The largest absolute Gasteiger partial charge is 0.318 e. The Kier molecular flexibility index (Phi) is 4.55. The van der Waals surface area contributed by atoms with E-state index in [9.17, 15) is 8.42 Å². The maximum atomic E-state index is 12.8. The quantitative estimate of drug-likeness (QED) is 0.841. The van der Waals surface area contributed by atoms with Crippen molar-refractivity contribution in [3.05, 3.63) is 0 Å². The summed E-state index contributed by atoms with van der Waals surface area (Å²) in [6, 6.07) is 0.118. The van der Waals surface area contributed by atoms with Crippen LogP contribution in [-0.4, -0.2) is 56.3 Å². The van der Waals surface area contributed by atoms with Crippen LogP contribution in [0.1, 0.15) is 39.5 Å². The summed E-state index contributed by atoms with van der Waals surface area (Å²) in [5.74, 6) is 0. The number of nitrogens with zero attached hydrogens (tertiary/aromatic N) is 2. The second-order valence-electron chi connectivity index (χ2n) is 6.57. The first-order chi connectivity index (χ1) is 8.87. The van der Waals surface area contributed by atoms with Crippen LogP contribution in [0.2, 0.25) is 0 Å². The van der Waals surface area contributed by atoms with Crippen LogP contribution in [-0.2, 0) is 10.2 Å². The average molecular weight is 289 g/mol. The molecule has 2 aliphatic rings. The van der Waals surface area contributed by atoms with Gasteiger partial charge in [-0.05, 0) is 31.7 Å². The molecule has 2 heterocycles. The maximum Gasteiger partial charge on any atom is 0.282 e. The molecule has 0 aromatic rings. The number of piperidine rings is 1. The summed E-state index contributed by atoms with van der Waals surface area (Å²) in [5, 5.41) is 3.12. The highest BCUT2D eigenvalue weighted by Gasteiger charge is 2.41. The SMILES string of the molecule is CNCC1CCCCN1S(=O)(=O)N1CCC(C)(C)C1. The molecule has 0 aromatic carbocycles. The Morgan fingerprint density at radius 2 is 2.00 bits per heavy atom. The molecule has 1 unspecified atom stereocenters. The number of likely N-dealkylation sites (N-methyl/N-ethyl adjacent to an activating group) is 1. The molecule has 2 fully saturated rings. The third-order valence-corrected chi connectivity index (χ3v) is 6.32. The summed E-state index contributed by atoms with van der Waals surface area (Å²) in [7, 11) is -1.39. The van der Waals surface area contributed by atoms with Crippen LogP contribution in [0.25, 0.3) is 0 Å². The third-order valence-electron chi connectivity index (χ3n) is 4.28. The standard InChI is InChI=1S/C13H27N3O2S/c1-13(2)7-9-15(11-13)19(17,18)16-8-5-4-6-12(16)10-14-3/h12,14H,4-11H2,1-3H3. The van der Waals surface area contributed by atoms with Gasteiger partial charge in [0.05, 0.1) is 0 Å². The average Bonchev–Trinajstić information content (AvgIpc) is 2.71. The first-order valence-corrected chi connectivity index (χ1v) is 8.68. The van der Waals surface area contributed by atoms with Gasteiger partial charge >= 0.3 is 0 Å². The Morgan fingerprint density at radius 3 is 2.58 bits per heavy atom. The Labute approximate surface area is 117 Å². The lowest BCUT2D eigenvalue weighted by molar-refractivity contribution is 0.230. The molecule has 1 N–H and O–H groups in total. The molecule has 1 atom stereocenters. The molecule has 0 bridgehead atoms. The Hall–Kier alpha value is -0.170. The number of hydrogen-bond acceptors (Lipinski definition) is 3. The van der Waals surface area contributed by atoms with Gasteiger partial charge in [-0.2, -0.15) is 17.0 Å². The Bertz CT molecular complexity index is 406. The van der Waals surface area contributed by atoms with E-state index >= 15 is 0 Å². The molecule has 112 valence electrons. The van der Waals surface area contributed by atoms with E-state index in [-0.39, 0.29) is 11.5 Å². The molecule has 2 saturated heterocycles. The Balaban J connectivity index is 2.13. The van der Waals surface area contributed by atoms with Crippen molar-refractivity contribution in [1.82, 2.24) is 13.9 Å². The minimum Gasteiger partial charge on any atom is -0.318 e. The van der Waals surface area contributed by atoms with E-state index in [1.807, 2.05) is 7.05 Å². The van der Waals surface area contributed by atoms with Gasteiger partial charge in [-0.15, -0.1) is 0 Å². The molecule has 0 radical (unpaired) electrons. The summed E-state index contributed by atoms with van der Waals surface area (Å²) in [4.78, 5) is 0. The lowest BCUT2D eigenvalue weighted by Crippen LogP contribution is -2.53. The fourth-order valence-electron chi connectivity index (χ4n) is 3.13. The molecule has 0 spiro atoms. The van der Waals surface area contributed by atoms with Crippen LogP contribution in [0.4, 0.5) is 0 Å². The van der Waals surface area contributed by atoms with Crippen molar-refractivity contribution in [3.8, 4) is 0 Å². The van der Waals surface area contributed by atoms with Crippen LogP contribution >= 0.6 is 0 Å². The van der Waals surface area contributed by atoms with E-state index in [1.54, 1.807) is 8.61 Å². The topological polar surface area (TPSA) is 52.7 Å². The monoisotopic (exact) mass is 289 g/mol. The first kappa shape index (κ1) is 15.2. The van der Waals surface area contributed by atoms with Crippen molar-refractivity contribution < 1.29 is 8.42 Å². The van der Waals surface area contributed by atoms with Gasteiger partial charge < -0.3 is 5.32 Å². The second kappa shape index (κ2) is 5.68. The predicted octanol–water partition coefficient (Wildman–Crippen LogP) is 1.04. The maximum absolute atomic E-state index is 12.8. The van der Waals surface area contributed by atoms with E-state index in [4.69, 9.17) is 0 Å². The van der Waals surface area contributed by atoms with Crippen molar-refractivity contribution in [1.29, 1.82) is 0 Å². The molecule has 0 saturated carbocycles. The number of nitrogens with one attached hydrogen (secondary N) is 1. The zero-order valence-electron chi connectivity index (χ0n) is 12.4. The minimum absolute atomic E-state index is 0.112. The summed E-state index contributed by atoms with van der Waals surface area (Å²) in [6.07, 6.45) is 4.04. The van der Waals surface area contributed by atoms with Crippen LogP contribution in [0, 0.1) is 5.41 Å². The molecule has 0 amide bonds. The molecule has 2 aliphatic heterocycles. The number of hydrogen-bond donors (Lipinski definition) is 1. The van der Waals surface area contributed by atoms with Crippen molar-refractivity contribution in [3.63, 3.8) is 0 Å². The van der Waals surface area contributed by atoms with E-state index in [1.165, 1.54) is 0 Å². The zero-order chi connectivity index (χ0) is 14.1. The molecule has 5 nitrogen and oxygen atoms in total. The van der Waals surface area contributed by atoms with Crippen molar-refractivity contribution in [2.24, 2.45) is 5.41 Å². The van der Waals surface area contributed by atoms with Crippen LogP contribution < -0.4 is 5.32 Å². The zero-order valence-corrected chi connectivity index (χ0v) is 13.2. The van der Waals surface area contributed by atoms with Gasteiger partial charge in [0.2, 0.25) is 0 Å². The van der Waals surface area contributed by atoms with Crippen molar-refractivity contribution in [2.45, 2.75) is 45.6 Å². The fraction of sp³-hybridized carbons (Fsp3) is 1.00. The number of rotatable bonds is 4. The minimum atomic E-state index is -3.28. The van der Waals surface area contributed by atoms with Gasteiger partial charge in [-0.25, -0.2) is 0 Å². The normalized spacial score (nSPS) is 29.7. The first-order valence-electron chi connectivity index (χ1n) is 7.28. The van der Waals surface area contributed by atoms with Gasteiger partial charge in [-0.3, -0.25) is 0 Å². The summed E-state index contributed by atoms with van der Waals surface area (Å²) < 4.78 is 29.0. The van der Waals surface area contributed by atoms with Gasteiger partial charge in [0, 0.05) is 32.2 Å². The van der Waals surface area contributed by atoms with Gasteiger partial charge in [0.1, 0.15) is 0 Å². The lowest BCUT2D eigenvalue weighted by Gasteiger charge is -2.37. The van der Waals surface area contributed by atoms with Crippen LogP contribution in [0.15, 0.2) is 0 Å². The molecule has 19 heavy (non-hydrogen) atoms. The predicted molar refractivity (Wildman–Crippen MR) is 77.2 cm³/mol. The van der Waals surface area contributed by atoms with E-state index in [0.717, 1.165) is 32.2 Å². The summed E-state index contributed by atoms with van der Waals surface area (Å²) in [6.45, 7) is 7.02. The molecular formula is C13H27N3O2S. The molecule has 0 aliphatic carbocycles. The van der Waals surface area contributed by atoms with Crippen molar-refractivity contribution >= 4 is 10.2 Å². The lowest BCUT2D eigenvalue weighted by atomic mass is 9.93. The van der Waals surface area contributed by atoms with Crippen LogP contribution in [0.3, 0.4) is 0 Å². The molecular weight excluding hydrogens is 262 g/mol. The molecule has 6 heteroatoms. The van der Waals surface area contributed by atoms with E-state index in [0.29, 0.717) is 19.6 Å². The summed E-state index contributed by atoms with van der Waals surface area (Å²) in [5.41, 5.74) is 0.112. The van der Waals surface area contributed by atoms with E-state index < -0.39 is 10.2 Å². The van der Waals surface area contributed by atoms with Gasteiger partial charge in [0.25, 0.3) is 10.2 Å². The van der Waals surface area contributed by atoms with Gasteiger partial charge in [-0.1, -0.05) is 20.3 Å². The van der Waals surface area contributed by atoms with E-state index in [2.05, 4.69) is 19.2 Å².